The molecule has 2 aromatic carbocycles. The number of aryl methyl sites for hydroxylation is 1. The van der Waals surface area contributed by atoms with Crippen molar-refractivity contribution in [1.29, 1.82) is 0 Å². The van der Waals surface area contributed by atoms with Crippen LogP contribution in [0.5, 0.6) is 11.5 Å². The fraction of sp³-hybridized carbons (Fsp3) is 0.516. The zero-order valence-corrected chi connectivity index (χ0v) is 22.7. The van der Waals surface area contributed by atoms with Crippen LogP contribution in [0, 0.1) is 11.8 Å². The van der Waals surface area contributed by atoms with Gasteiger partial charge in [-0.1, -0.05) is 24.3 Å². The molecule has 0 radical (unpaired) electrons. The lowest BCUT2D eigenvalue weighted by Crippen LogP contribution is -2.60. The Balaban J connectivity index is 1.40. The van der Waals surface area contributed by atoms with Crippen molar-refractivity contribution < 1.29 is 32.9 Å². The summed E-state index contributed by atoms with van der Waals surface area (Å²) < 4.78 is 46.8. The van der Waals surface area contributed by atoms with Gasteiger partial charge in [0.25, 0.3) is 0 Å². The quantitative estimate of drug-likeness (QED) is 0.308. The largest absolute Gasteiger partial charge is 0.504 e. The van der Waals surface area contributed by atoms with Crippen molar-refractivity contribution in [2.24, 2.45) is 11.8 Å². The molecule has 5 rings (SSSR count). The van der Waals surface area contributed by atoms with Crippen molar-refractivity contribution in [2.45, 2.75) is 68.9 Å². The van der Waals surface area contributed by atoms with Crippen LogP contribution in [0.2, 0.25) is 0 Å². The molecule has 2 aromatic rings. The maximum atomic E-state index is 13.4. The number of aromatic hydroxyl groups is 1. The van der Waals surface area contributed by atoms with Crippen molar-refractivity contribution in [1.82, 2.24) is 10.2 Å². The second-order valence-corrected chi connectivity index (χ2v) is 11.5. The number of fused-ring (bicyclic) bond motifs is 4. The molecule has 0 spiro atoms. The van der Waals surface area contributed by atoms with Crippen LogP contribution in [0.3, 0.4) is 0 Å². The van der Waals surface area contributed by atoms with Crippen molar-refractivity contribution in [2.75, 3.05) is 20.1 Å². The molecular weight excluding hydrogens is 521 g/mol. The van der Waals surface area contributed by atoms with E-state index in [4.69, 9.17) is 4.74 Å². The van der Waals surface area contributed by atoms with Crippen LogP contribution >= 0.6 is 0 Å². The number of alkyl halides is 3. The number of phenolic OH excluding ortho intramolecular Hbond substituents is 1. The van der Waals surface area contributed by atoms with Gasteiger partial charge in [-0.15, -0.1) is 0 Å². The SMILES string of the molecule is CN(C(=O)/C=C/c1ccccc1C(F)(F)F)C1CCC2(O)CCc3ccc(O)c(c3)O[C@@H]1C2CCNCC1CC1. The predicted molar refractivity (Wildman–Crippen MR) is 146 cm³/mol. The number of amides is 1. The summed E-state index contributed by atoms with van der Waals surface area (Å²) >= 11 is 0. The molecule has 4 atom stereocenters. The minimum absolute atomic E-state index is 0.0123. The lowest BCUT2D eigenvalue weighted by atomic mass is 9.67. The van der Waals surface area contributed by atoms with Crippen LogP contribution in [0.25, 0.3) is 6.08 Å². The molecule has 3 aliphatic rings. The zero-order chi connectivity index (χ0) is 28.5. The van der Waals surface area contributed by atoms with Gasteiger partial charge < -0.3 is 25.2 Å². The molecule has 9 heteroatoms. The predicted octanol–water partition coefficient (Wildman–Crippen LogP) is 5.18. The molecular formula is C31H37F3N2O4. The number of carbonyl (C=O) groups is 1. The highest BCUT2D eigenvalue weighted by Crippen LogP contribution is 2.45. The Morgan fingerprint density at radius 1 is 1.18 bits per heavy atom. The monoisotopic (exact) mass is 558 g/mol. The molecule has 40 heavy (non-hydrogen) atoms. The minimum Gasteiger partial charge on any atom is -0.504 e. The summed E-state index contributed by atoms with van der Waals surface area (Å²) in [6.45, 7) is 1.62. The highest BCUT2D eigenvalue weighted by molar-refractivity contribution is 5.92. The molecule has 2 aliphatic carbocycles. The fourth-order valence-corrected chi connectivity index (χ4v) is 6.18. The zero-order valence-electron chi connectivity index (χ0n) is 22.7. The molecule has 1 amide bonds. The summed E-state index contributed by atoms with van der Waals surface area (Å²) in [4.78, 5) is 14.8. The van der Waals surface area contributed by atoms with Gasteiger partial charge in [0, 0.05) is 19.0 Å². The van der Waals surface area contributed by atoms with Crippen LogP contribution in [0.15, 0.2) is 48.5 Å². The maximum Gasteiger partial charge on any atom is 0.416 e. The number of aliphatic hydroxyl groups is 1. The lowest BCUT2D eigenvalue weighted by Gasteiger charge is -2.50. The van der Waals surface area contributed by atoms with Gasteiger partial charge >= 0.3 is 6.18 Å². The number of ether oxygens (including phenoxy) is 1. The number of hydrogen-bond donors (Lipinski definition) is 3. The first-order chi connectivity index (χ1) is 19.0. The number of hydrogen-bond acceptors (Lipinski definition) is 5. The van der Waals surface area contributed by atoms with Gasteiger partial charge in [-0.3, -0.25) is 4.79 Å². The van der Waals surface area contributed by atoms with E-state index >= 15 is 0 Å². The van der Waals surface area contributed by atoms with E-state index in [1.807, 2.05) is 6.07 Å². The molecule has 1 aliphatic heterocycles. The van der Waals surface area contributed by atoms with Gasteiger partial charge in [0.05, 0.1) is 17.2 Å². The van der Waals surface area contributed by atoms with Crippen molar-refractivity contribution >= 4 is 12.0 Å². The van der Waals surface area contributed by atoms with E-state index in [-0.39, 0.29) is 17.2 Å². The summed E-state index contributed by atoms with van der Waals surface area (Å²) in [5.74, 6) is 0.228. The van der Waals surface area contributed by atoms with E-state index in [0.717, 1.165) is 24.3 Å². The summed E-state index contributed by atoms with van der Waals surface area (Å²) in [7, 11) is 1.62. The van der Waals surface area contributed by atoms with Gasteiger partial charge in [-0.25, -0.2) is 0 Å². The molecule has 3 unspecified atom stereocenters. The first-order valence-corrected chi connectivity index (χ1v) is 14.1. The highest BCUT2D eigenvalue weighted by atomic mass is 19.4. The van der Waals surface area contributed by atoms with Crippen LogP contribution < -0.4 is 10.1 Å². The Hall–Kier alpha value is -3.04. The van der Waals surface area contributed by atoms with Crippen molar-refractivity contribution in [3.63, 3.8) is 0 Å². The Kier molecular flexibility index (Phi) is 8.15. The third-order valence-electron chi connectivity index (χ3n) is 8.75. The van der Waals surface area contributed by atoms with Gasteiger partial charge in [-0.2, -0.15) is 13.2 Å². The van der Waals surface area contributed by atoms with E-state index in [0.29, 0.717) is 50.3 Å². The Morgan fingerprint density at radius 2 is 1.95 bits per heavy atom. The van der Waals surface area contributed by atoms with E-state index in [1.54, 1.807) is 19.2 Å². The van der Waals surface area contributed by atoms with Gasteiger partial charge in [0.2, 0.25) is 5.91 Å². The average molecular weight is 559 g/mol. The third kappa shape index (κ3) is 6.31. The molecule has 216 valence electrons. The van der Waals surface area contributed by atoms with Crippen LogP contribution in [0.1, 0.15) is 55.2 Å². The normalized spacial score (nSPS) is 26.5. The molecule has 0 aromatic heterocycles. The average Bonchev–Trinajstić information content (AvgIpc) is 3.75. The van der Waals surface area contributed by atoms with E-state index in [2.05, 4.69) is 5.32 Å². The maximum absolute atomic E-state index is 13.4. The number of benzene rings is 2. The van der Waals surface area contributed by atoms with Crippen molar-refractivity contribution in [3.8, 4) is 11.5 Å². The van der Waals surface area contributed by atoms with Crippen molar-refractivity contribution in [3.05, 3.63) is 65.2 Å². The number of halogens is 3. The minimum atomic E-state index is -4.54. The molecule has 2 fully saturated rings. The molecule has 0 saturated heterocycles. The molecule has 1 heterocycles. The summed E-state index contributed by atoms with van der Waals surface area (Å²) in [5.41, 5.74) is -0.963. The highest BCUT2D eigenvalue weighted by Gasteiger charge is 2.51. The Labute approximate surface area is 232 Å². The number of nitrogens with one attached hydrogen (secondary N) is 1. The van der Waals surface area contributed by atoms with Crippen LogP contribution in [-0.4, -0.2) is 58.9 Å². The second-order valence-electron chi connectivity index (χ2n) is 11.5. The number of likely N-dealkylation sites (N-methyl/N-ethyl adjacent to an activating group) is 1. The third-order valence-corrected chi connectivity index (χ3v) is 8.75. The second kappa shape index (κ2) is 11.4. The van der Waals surface area contributed by atoms with Crippen LogP contribution in [-0.2, 0) is 17.4 Å². The van der Waals surface area contributed by atoms with Gasteiger partial charge in [0.1, 0.15) is 6.10 Å². The number of rotatable bonds is 8. The standard InChI is InChI=1S/C31H37F3N2O4/c1-36(28(38)11-9-22-4-2-3-5-23(22)31(32,33)34)25-13-16-30(39)15-12-20-8-10-26(37)27(18-20)40-29(25)24(30)14-17-35-19-21-6-7-21/h2-5,8-11,18,21,24-25,29,35,37,39H,6-7,12-17,19H2,1H3/b11-9+/t24?,25?,29-,30?/m1/s1. The van der Waals surface area contributed by atoms with E-state index in [9.17, 15) is 28.2 Å². The Morgan fingerprint density at radius 3 is 2.70 bits per heavy atom. The molecule has 6 nitrogen and oxygen atoms in total. The fourth-order valence-electron chi connectivity index (χ4n) is 6.18. The topological polar surface area (TPSA) is 82.0 Å². The lowest BCUT2D eigenvalue weighted by molar-refractivity contribution is -0.146. The number of carbonyl (C=O) groups excluding carboxylic acids is 1. The first kappa shape index (κ1) is 28.5. The smallest absolute Gasteiger partial charge is 0.416 e. The summed E-state index contributed by atoms with van der Waals surface area (Å²) in [5, 5.41) is 26.0. The van der Waals surface area contributed by atoms with Crippen LogP contribution in [0.4, 0.5) is 13.2 Å². The summed E-state index contributed by atoms with van der Waals surface area (Å²) in [6, 6.07) is 9.87. The first-order valence-electron chi connectivity index (χ1n) is 14.1. The molecule has 3 N–H and O–H groups in total. The molecule has 4 bridgehead atoms. The number of phenols is 1. The summed E-state index contributed by atoms with van der Waals surface area (Å²) in [6.07, 6.45) is 2.37. The number of nitrogens with zero attached hydrogens (tertiary/aromatic N) is 1. The van der Waals surface area contributed by atoms with Gasteiger partial charge in [-0.05, 0) is 99.4 Å². The Bertz CT molecular complexity index is 1250. The van der Waals surface area contributed by atoms with E-state index in [1.165, 1.54) is 42.0 Å². The van der Waals surface area contributed by atoms with E-state index < -0.39 is 35.4 Å². The van der Waals surface area contributed by atoms with Gasteiger partial charge in [0.15, 0.2) is 11.5 Å². The molecule has 2 saturated carbocycles.